The second-order valence-corrected chi connectivity index (χ2v) is 8.48. The van der Waals surface area contributed by atoms with Gasteiger partial charge >= 0.3 is 5.97 Å². The summed E-state index contributed by atoms with van der Waals surface area (Å²) >= 11 is 0. The van der Waals surface area contributed by atoms with Gasteiger partial charge in [-0.05, 0) is 54.4 Å². The molecule has 1 heterocycles. The fraction of sp³-hybridized carbons (Fsp3) is 0.833. The third kappa shape index (κ3) is 7.79. The first-order valence-corrected chi connectivity index (χ1v) is 8.69. The maximum absolute atomic E-state index is 12.2. The predicted molar refractivity (Wildman–Crippen MR) is 92.3 cm³/mol. The summed E-state index contributed by atoms with van der Waals surface area (Å²) in [4.78, 5) is 37.8. The minimum absolute atomic E-state index is 0.0425. The molecule has 6 nitrogen and oxygen atoms in total. The lowest BCUT2D eigenvalue weighted by Crippen LogP contribution is -2.47. The van der Waals surface area contributed by atoms with Gasteiger partial charge in [0.25, 0.3) is 0 Å². The number of carbonyl (C=O) groups excluding carboxylic acids is 3. The summed E-state index contributed by atoms with van der Waals surface area (Å²) in [6.45, 7) is 12.4. The Bertz CT molecular complexity index is 466. The number of carbonyl (C=O) groups is 3. The first-order chi connectivity index (χ1) is 10.9. The van der Waals surface area contributed by atoms with E-state index in [0.29, 0.717) is 25.9 Å². The van der Waals surface area contributed by atoms with Gasteiger partial charge in [-0.3, -0.25) is 14.4 Å². The molecule has 1 rings (SSSR count). The van der Waals surface area contributed by atoms with Crippen LogP contribution in [-0.2, 0) is 19.1 Å². The Morgan fingerprint density at radius 2 is 1.54 bits per heavy atom. The second-order valence-electron chi connectivity index (χ2n) is 8.48. The van der Waals surface area contributed by atoms with Gasteiger partial charge in [-0.2, -0.15) is 0 Å². The van der Waals surface area contributed by atoms with Gasteiger partial charge in [0.15, 0.2) is 0 Å². The molecule has 0 spiro atoms. The first kappa shape index (κ1) is 20.5. The highest BCUT2D eigenvalue weighted by Gasteiger charge is 2.29. The molecule has 24 heavy (non-hydrogen) atoms. The highest BCUT2D eigenvalue weighted by molar-refractivity contribution is 5.82. The van der Waals surface area contributed by atoms with Crippen LogP contribution < -0.4 is 5.32 Å². The van der Waals surface area contributed by atoms with Crippen molar-refractivity contribution in [2.45, 2.75) is 78.4 Å². The molecule has 1 aliphatic heterocycles. The molecule has 138 valence electrons. The summed E-state index contributed by atoms with van der Waals surface area (Å²) in [5.74, 6) is -0.381. The molecule has 0 saturated carbocycles. The summed E-state index contributed by atoms with van der Waals surface area (Å²) in [7, 11) is 0. The van der Waals surface area contributed by atoms with Crippen LogP contribution in [0.25, 0.3) is 0 Å². The molecule has 2 amide bonds. The first-order valence-electron chi connectivity index (χ1n) is 8.69. The molecule has 1 fully saturated rings. The molecule has 0 unspecified atom stereocenters. The number of rotatable bonds is 4. The van der Waals surface area contributed by atoms with Crippen molar-refractivity contribution in [2.24, 2.45) is 5.92 Å². The van der Waals surface area contributed by atoms with Crippen LogP contribution in [-0.4, -0.2) is 46.9 Å². The predicted octanol–water partition coefficient (Wildman–Crippen LogP) is 2.26. The van der Waals surface area contributed by atoms with E-state index in [1.54, 1.807) is 25.7 Å². The monoisotopic (exact) mass is 340 g/mol. The number of hydrogen-bond donors (Lipinski definition) is 1. The van der Waals surface area contributed by atoms with Crippen LogP contribution in [0.4, 0.5) is 0 Å². The van der Waals surface area contributed by atoms with Crippen LogP contribution in [0, 0.1) is 5.92 Å². The Labute approximate surface area is 145 Å². The topological polar surface area (TPSA) is 75.7 Å². The van der Waals surface area contributed by atoms with E-state index in [0.717, 1.165) is 0 Å². The Balaban J connectivity index is 2.35. The van der Waals surface area contributed by atoms with Gasteiger partial charge in [0.05, 0.1) is 6.42 Å². The molecule has 0 atom stereocenters. The molecule has 0 aromatic rings. The van der Waals surface area contributed by atoms with Gasteiger partial charge < -0.3 is 15.0 Å². The van der Waals surface area contributed by atoms with Gasteiger partial charge in [0.2, 0.25) is 11.8 Å². The van der Waals surface area contributed by atoms with Crippen molar-refractivity contribution in [3.63, 3.8) is 0 Å². The molecule has 6 heteroatoms. The third-order valence-electron chi connectivity index (χ3n) is 3.68. The number of piperidine rings is 1. The highest BCUT2D eigenvalue weighted by Crippen LogP contribution is 2.19. The second kappa shape index (κ2) is 7.99. The van der Waals surface area contributed by atoms with Crippen LogP contribution in [0.15, 0.2) is 0 Å². The normalized spacial score (nSPS) is 16.7. The quantitative estimate of drug-likeness (QED) is 0.797. The number of esters is 1. The number of ether oxygens (including phenoxy) is 1. The van der Waals surface area contributed by atoms with E-state index in [1.807, 2.05) is 20.8 Å². The van der Waals surface area contributed by atoms with Gasteiger partial charge in [-0.1, -0.05) is 0 Å². The van der Waals surface area contributed by atoms with E-state index >= 15 is 0 Å². The minimum atomic E-state index is -0.529. The molecular weight excluding hydrogens is 308 g/mol. The van der Waals surface area contributed by atoms with Crippen LogP contribution in [0.3, 0.4) is 0 Å². The van der Waals surface area contributed by atoms with E-state index in [9.17, 15) is 14.4 Å². The van der Waals surface area contributed by atoms with Crippen molar-refractivity contribution < 1.29 is 19.1 Å². The lowest BCUT2D eigenvalue weighted by atomic mass is 9.94. The summed E-state index contributed by atoms with van der Waals surface area (Å²) < 4.78 is 5.21. The maximum atomic E-state index is 12.2. The molecule has 0 aromatic heterocycles. The number of likely N-dealkylation sites (tertiary alicyclic amines) is 1. The van der Waals surface area contributed by atoms with Crippen molar-refractivity contribution in [2.75, 3.05) is 13.1 Å². The maximum Gasteiger partial charge on any atom is 0.306 e. The molecule has 0 aliphatic carbocycles. The van der Waals surface area contributed by atoms with E-state index in [4.69, 9.17) is 4.74 Å². The lowest BCUT2D eigenvalue weighted by Gasteiger charge is -2.33. The van der Waals surface area contributed by atoms with Crippen LogP contribution in [0.1, 0.15) is 67.2 Å². The number of amides is 2. The highest BCUT2D eigenvalue weighted by atomic mass is 16.6. The van der Waals surface area contributed by atoms with Crippen molar-refractivity contribution in [3.05, 3.63) is 0 Å². The van der Waals surface area contributed by atoms with Crippen LogP contribution in [0.2, 0.25) is 0 Å². The zero-order chi connectivity index (χ0) is 18.5. The van der Waals surface area contributed by atoms with E-state index < -0.39 is 5.60 Å². The number of nitrogens with zero attached hydrogens (tertiary/aromatic N) is 1. The average molecular weight is 340 g/mol. The Hall–Kier alpha value is -1.59. The van der Waals surface area contributed by atoms with E-state index in [-0.39, 0.29) is 42.1 Å². The molecule has 1 aliphatic rings. The number of hydrogen-bond acceptors (Lipinski definition) is 4. The SMILES string of the molecule is CC(C)(C)NC(=O)C1CCN(C(=O)CCC(=O)OC(C)(C)C)CC1. The lowest BCUT2D eigenvalue weighted by molar-refractivity contribution is -0.156. The average Bonchev–Trinajstić information content (AvgIpc) is 2.41. The van der Waals surface area contributed by atoms with Gasteiger partial charge in [-0.25, -0.2) is 0 Å². The minimum Gasteiger partial charge on any atom is -0.460 e. The van der Waals surface area contributed by atoms with Crippen LogP contribution >= 0.6 is 0 Å². The van der Waals surface area contributed by atoms with Gasteiger partial charge in [0.1, 0.15) is 5.60 Å². The largest absolute Gasteiger partial charge is 0.460 e. The molecule has 0 aromatic carbocycles. The van der Waals surface area contributed by atoms with Crippen molar-refractivity contribution >= 4 is 17.8 Å². The van der Waals surface area contributed by atoms with E-state index in [2.05, 4.69) is 5.32 Å². The molecular formula is C18H32N2O4. The zero-order valence-electron chi connectivity index (χ0n) is 15.9. The smallest absolute Gasteiger partial charge is 0.306 e. The number of nitrogens with one attached hydrogen (secondary N) is 1. The summed E-state index contributed by atoms with van der Waals surface area (Å²) in [5, 5.41) is 2.99. The Morgan fingerprint density at radius 3 is 2.00 bits per heavy atom. The third-order valence-corrected chi connectivity index (χ3v) is 3.68. The van der Waals surface area contributed by atoms with Gasteiger partial charge in [-0.15, -0.1) is 0 Å². The van der Waals surface area contributed by atoms with Crippen LogP contribution in [0.5, 0.6) is 0 Å². The molecule has 0 bridgehead atoms. The summed E-state index contributed by atoms with van der Waals surface area (Å²) in [5.41, 5.74) is -0.768. The summed E-state index contributed by atoms with van der Waals surface area (Å²) in [6, 6.07) is 0. The fourth-order valence-corrected chi connectivity index (χ4v) is 2.62. The van der Waals surface area contributed by atoms with Crippen molar-refractivity contribution in [1.82, 2.24) is 10.2 Å². The Kier molecular flexibility index (Phi) is 6.81. The summed E-state index contributed by atoms with van der Waals surface area (Å²) in [6.07, 6.45) is 1.59. The van der Waals surface area contributed by atoms with E-state index in [1.165, 1.54) is 0 Å². The standard InChI is InChI=1S/C18H32N2O4/c1-17(2,3)19-16(23)13-9-11-20(12-10-13)14(21)7-8-15(22)24-18(4,5)6/h13H,7-12H2,1-6H3,(H,19,23). The Morgan fingerprint density at radius 1 is 1.00 bits per heavy atom. The van der Waals surface area contributed by atoms with Crippen molar-refractivity contribution in [3.8, 4) is 0 Å². The van der Waals surface area contributed by atoms with Gasteiger partial charge in [0, 0.05) is 31.0 Å². The molecule has 1 saturated heterocycles. The molecule has 0 radical (unpaired) electrons. The zero-order valence-corrected chi connectivity index (χ0v) is 15.9. The fourth-order valence-electron chi connectivity index (χ4n) is 2.62. The van der Waals surface area contributed by atoms with Crippen molar-refractivity contribution in [1.29, 1.82) is 0 Å². The molecule has 1 N–H and O–H groups in total.